The summed E-state index contributed by atoms with van der Waals surface area (Å²) in [6.45, 7) is 14.8. The van der Waals surface area contributed by atoms with Crippen LogP contribution in [-0.4, -0.2) is 18.4 Å². The fraction of sp³-hybridized carbons (Fsp3) is 0.625. The van der Waals surface area contributed by atoms with Crippen LogP contribution < -0.4 is 0 Å². The summed E-state index contributed by atoms with van der Waals surface area (Å²) in [6.07, 6.45) is 0. The molecule has 1 rings (SSSR count). The molecule has 0 saturated carbocycles. The molecule has 1 aromatic rings. The van der Waals surface area contributed by atoms with Crippen LogP contribution >= 0.6 is 0 Å². The molecule has 1 aromatic carbocycles. The van der Waals surface area contributed by atoms with Crippen molar-refractivity contribution in [3.63, 3.8) is 0 Å². The Bertz CT molecular complexity index is 303. The fourth-order valence-corrected chi connectivity index (χ4v) is 21.2. The molecule has 0 fully saturated rings. The molecular formula is C16H28Sn. The summed E-state index contributed by atoms with van der Waals surface area (Å²) in [5.74, 6) is 0. The maximum atomic E-state index is 2.47. The summed E-state index contributed by atoms with van der Waals surface area (Å²) < 4.78 is 4.17. The molecule has 0 aromatic heterocycles. The number of hydrogen-bond donors (Lipinski definition) is 0. The van der Waals surface area contributed by atoms with E-state index in [-0.39, 0.29) is 0 Å². The Morgan fingerprint density at radius 2 is 1.18 bits per heavy atom. The van der Waals surface area contributed by atoms with Gasteiger partial charge in [-0.2, -0.15) is 0 Å². The third-order valence-electron chi connectivity index (χ3n) is 4.58. The van der Waals surface area contributed by atoms with Gasteiger partial charge in [0.2, 0.25) is 0 Å². The quantitative estimate of drug-likeness (QED) is 0.626. The Morgan fingerprint density at radius 1 is 0.765 bits per heavy atom. The number of rotatable bonds is 5. The van der Waals surface area contributed by atoms with Gasteiger partial charge in [0.05, 0.1) is 0 Å². The summed E-state index contributed by atoms with van der Waals surface area (Å²) in [7, 11) is 0. The Morgan fingerprint density at radius 3 is 1.53 bits per heavy atom. The van der Waals surface area contributed by atoms with E-state index in [1.165, 1.54) is 4.44 Å². The molecule has 0 aliphatic rings. The van der Waals surface area contributed by atoms with Gasteiger partial charge in [0.25, 0.3) is 0 Å². The minimum atomic E-state index is -2.12. The molecule has 0 spiro atoms. The summed E-state index contributed by atoms with van der Waals surface area (Å²) >= 11 is -2.12. The van der Waals surface area contributed by atoms with Crippen molar-refractivity contribution in [2.24, 2.45) is 0 Å². The van der Waals surface area contributed by atoms with Crippen LogP contribution in [0.1, 0.15) is 47.1 Å². The van der Waals surface area contributed by atoms with Crippen molar-refractivity contribution < 1.29 is 0 Å². The van der Waals surface area contributed by atoms with E-state index in [1.54, 1.807) is 5.56 Å². The monoisotopic (exact) mass is 340 g/mol. The molecule has 0 aliphatic heterocycles. The van der Waals surface area contributed by atoms with Crippen molar-refractivity contribution >= 4 is 18.4 Å². The van der Waals surface area contributed by atoms with Crippen LogP contribution in [0, 0.1) is 0 Å². The van der Waals surface area contributed by atoms with Crippen molar-refractivity contribution in [1.82, 2.24) is 0 Å². The van der Waals surface area contributed by atoms with Crippen LogP contribution in [0.5, 0.6) is 0 Å². The van der Waals surface area contributed by atoms with E-state index in [2.05, 4.69) is 71.9 Å². The Hall–Kier alpha value is 0.0187. The van der Waals surface area contributed by atoms with Gasteiger partial charge in [0, 0.05) is 0 Å². The van der Waals surface area contributed by atoms with Crippen molar-refractivity contribution in [2.75, 3.05) is 0 Å². The zero-order valence-electron chi connectivity index (χ0n) is 12.3. The average Bonchev–Trinajstić information content (AvgIpc) is 2.25. The molecule has 0 aliphatic carbocycles. The SMILES string of the molecule is C[CH](C)[Sn]([CH2]c1ccccc1)([CH](C)C)[CH](C)C. The number of hydrogen-bond acceptors (Lipinski definition) is 0. The Balaban J connectivity index is 3.07. The second-order valence-electron chi connectivity index (χ2n) is 6.24. The summed E-state index contributed by atoms with van der Waals surface area (Å²) in [5, 5.41) is 0. The first-order valence-electron chi connectivity index (χ1n) is 6.95. The van der Waals surface area contributed by atoms with Gasteiger partial charge < -0.3 is 0 Å². The van der Waals surface area contributed by atoms with Crippen molar-refractivity contribution in [1.29, 1.82) is 0 Å². The molecule has 0 atom stereocenters. The van der Waals surface area contributed by atoms with E-state index in [0.29, 0.717) is 0 Å². The van der Waals surface area contributed by atoms with Gasteiger partial charge in [0.1, 0.15) is 0 Å². The van der Waals surface area contributed by atoms with Gasteiger partial charge in [-0.3, -0.25) is 0 Å². The molecular weight excluding hydrogens is 311 g/mol. The van der Waals surface area contributed by atoms with Gasteiger partial charge >= 0.3 is 112 Å². The molecule has 0 heterocycles. The molecule has 17 heavy (non-hydrogen) atoms. The van der Waals surface area contributed by atoms with Crippen molar-refractivity contribution in [3.8, 4) is 0 Å². The van der Waals surface area contributed by atoms with Crippen LogP contribution in [0.25, 0.3) is 0 Å². The first-order chi connectivity index (χ1) is 7.91. The Kier molecular flexibility index (Phi) is 5.55. The van der Waals surface area contributed by atoms with Crippen molar-refractivity contribution in [2.45, 2.75) is 57.8 Å². The predicted octanol–water partition coefficient (Wildman–Crippen LogP) is 5.45. The second-order valence-corrected chi connectivity index (χ2v) is 23.5. The first kappa shape index (κ1) is 15.1. The molecule has 0 bridgehead atoms. The molecule has 96 valence electrons. The Labute approximate surface area is 112 Å². The van der Waals surface area contributed by atoms with E-state index in [0.717, 1.165) is 11.8 Å². The average molecular weight is 339 g/mol. The van der Waals surface area contributed by atoms with Crippen LogP contribution in [0.2, 0.25) is 11.8 Å². The van der Waals surface area contributed by atoms with Crippen molar-refractivity contribution in [3.05, 3.63) is 35.9 Å². The first-order valence-corrected chi connectivity index (χ1v) is 13.9. The van der Waals surface area contributed by atoms with Crippen LogP contribution in [0.15, 0.2) is 30.3 Å². The summed E-state index contributed by atoms with van der Waals surface area (Å²) in [6, 6.07) is 11.1. The summed E-state index contributed by atoms with van der Waals surface area (Å²) in [4.78, 5) is 0. The molecule has 1 heteroatoms. The third-order valence-corrected chi connectivity index (χ3v) is 25.9. The zero-order chi connectivity index (χ0) is 13.1. The van der Waals surface area contributed by atoms with E-state index in [9.17, 15) is 0 Å². The van der Waals surface area contributed by atoms with E-state index in [1.807, 2.05) is 0 Å². The standard InChI is InChI=1S/C7H7.3C3H7.Sn/c1-7-5-3-2-4-6-7;3*1-3-2;/h2-6H,1H2;3*3H,1-2H3;. The van der Waals surface area contributed by atoms with E-state index >= 15 is 0 Å². The van der Waals surface area contributed by atoms with Gasteiger partial charge in [-0.05, 0) is 0 Å². The minimum absolute atomic E-state index is 0.921. The molecule has 0 saturated heterocycles. The molecule has 0 radical (unpaired) electrons. The molecule has 0 unspecified atom stereocenters. The fourth-order valence-electron chi connectivity index (χ4n) is 3.56. The molecule has 0 nitrogen and oxygen atoms in total. The van der Waals surface area contributed by atoms with Gasteiger partial charge in [-0.15, -0.1) is 0 Å². The van der Waals surface area contributed by atoms with Gasteiger partial charge in [-0.1, -0.05) is 0 Å². The van der Waals surface area contributed by atoms with E-state index < -0.39 is 18.4 Å². The van der Waals surface area contributed by atoms with Gasteiger partial charge in [0.15, 0.2) is 0 Å². The molecule has 0 amide bonds. The van der Waals surface area contributed by atoms with Crippen LogP contribution in [-0.2, 0) is 4.44 Å². The molecule has 0 N–H and O–H groups in total. The second kappa shape index (κ2) is 6.26. The zero-order valence-corrected chi connectivity index (χ0v) is 15.2. The van der Waals surface area contributed by atoms with Crippen LogP contribution in [0.3, 0.4) is 0 Å². The van der Waals surface area contributed by atoms with Gasteiger partial charge in [-0.25, -0.2) is 0 Å². The third kappa shape index (κ3) is 3.27. The number of benzene rings is 1. The maximum absolute atomic E-state index is 2.47. The normalized spacial score (nSPS) is 12.8. The topological polar surface area (TPSA) is 0 Å². The van der Waals surface area contributed by atoms with E-state index in [4.69, 9.17) is 0 Å². The summed E-state index contributed by atoms with van der Waals surface area (Å²) in [5.41, 5.74) is 1.57. The van der Waals surface area contributed by atoms with Crippen LogP contribution in [0.4, 0.5) is 0 Å². The predicted molar refractivity (Wildman–Crippen MR) is 81.2 cm³/mol.